The number of rotatable bonds is 7. The average molecular weight is 374 g/mol. The Bertz CT molecular complexity index is 1030. The van der Waals surface area contributed by atoms with Crippen LogP contribution in [0.4, 0.5) is 0 Å². The molecule has 0 aliphatic heterocycles. The van der Waals surface area contributed by atoms with E-state index >= 15 is 0 Å². The Morgan fingerprint density at radius 3 is 2.46 bits per heavy atom. The number of carboxylic acid groups (broad SMARTS) is 1. The van der Waals surface area contributed by atoms with Gasteiger partial charge in [-0.25, -0.2) is 4.79 Å². The number of benzene rings is 2. The van der Waals surface area contributed by atoms with Gasteiger partial charge in [0.05, 0.1) is 5.56 Å². The molecule has 0 fully saturated rings. The van der Waals surface area contributed by atoms with Gasteiger partial charge in [0, 0.05) is 29.7 Å². The monoisotopic (exact) mass is 374 g/mol. The number of phenols is 1. The van der Waals surface area contributed by atoms with Crippen LogP contribution in [0.25, 0.3) is 16.8 Å². The largest absolute Gasteiger partial charge is 0.507 e. The Labute approximate surface area is 164 Å². The van der Waals surface area contributed by atoms with Crippen molar-refractivity contribution in [1.82, 2.24) is 4.57 Å². The number of carbonyl (C=O) groups is 1. The summed E-state index contributed by atoms with van der Waals surface area (Å²) in [5.74, 6) is -1.50. The van der Waals surface area contributed by atoms with Crippen molar-refractivity contribution in [2.75, 3.05) is 0 Å². The van der Waals surface area contributed by atoms with Crippen LogP contribution in [0.2, 0.25) is 0 Å². The van der Waals surface area contributed by atoms with Gasteiger partial charge in [-0.15, -0.1) is 0 Å². The molecule has 0 unspecified atom stereocenters. The van der Waals surface area contributed by atoms with E-state index in [-0.39, 0.29) is 11.3 Å². The molecule has 3 rings (SSSR count). The highest BCUT2D eigenvalue weighted by Gasteiger charge is 2.13. The summed E-state index contributed by atoms with van der Waals surface area (Å²) < 4.78 is 1.72. The minimum absolute atomic E-state index is 0.157. The van der Waals surface area contributed by atoms with Crippen LogP contribution in [0.3, 0.4) is 0 Å². The summed E-state index contributed by atoms with van der Waals surface area (Å²) in [4.78, 5) is 11.1. The number of aryl methyl sites for hydroxylation is 1. The molecule has 5 nitrogen and oxygen atoms in total. The summed E-state index contributed by atoms with van der Waals surface area (Å²) in [6, 6.07) is 14.8. The van der Waals surface area contributed by atoms with Gasteiger partial charge >= 0.3 is 5.97 Å². The Morgan fingerprint density at radius 2 is 1.86 bits per heavy atom. The van der Waals surface area contributed by atoms with E-state index in [0.717, 1.165) is 17.5 Å². The van der Waals surface area contributed by atoms with Crippen LogP contribution in [-0.4, -0.2) is 20.7 Å². The second kappa shape index (κ2) is 8.45. The molecule has 3 aromatic rings. The molecule has 0 radical (unpaired) electrons. The molecule has 5 heteroatoms. The summed E-state index contributed by atoms with van der Waals surface area (Å²) >= 11 is 0. The van der Waals surface area contributed by atoms with Crippen molar-refractivity contribution in [3.05, 3.63) is 71.5 Å². The number of aromatic carboxylic acids is 1. The highest BCUT2D eigenvalue weighted by Crippen LogP contribution is 2.28. The fourth-order valence-corrected chi connectivity index (χ4v) is 3.21. The van der Waals surface area contributed by atoms with Crippen molar-refractivity contribution in [2.24, 2.45) is 0 Å². The van der Waals surface area contributed by atoms with Crippen LogP contribution in [0, 0.1) is 11.3 Å². The van der Waals surface area contributed by atoms with Crippen LogP contribution in [0.1, 0.15) is 47.7 Å². The van der Waals surface area contributed by atoms with Gasteiger partial charge in [-0.05, 0) is 36.1 Å². The first-order chi connectivity index (χ1) is 13.5. The third-order valence-corrected chi connectivity index (χ3v) is 4.79. The zero-order chi connectivity index (χ0) is 20.1. The molecule has 2 N–H and O–H groups in total. The Balaban J connectivity index is 1.90. The van der Waals surface area contributed by atoms with Gasteiger partial charge in [-0.1, -0.05) is 44.0 Å². The van der Waals surface area contributed by atoms with Crippen molar-refractivity contribution < 1.29 is 15.0 Å². The topological polar surface area (TPSA) is 86.2 Å². The van der Waals surface area contributed by atoms with Crippen molar-refractivity contribution >= 4 is 5.97 Å². The number of hydrogen-bond acceptors (Lipinski definition) is 3. The first-order valence-corrected chi connectivity index (χ1v) is 9.31. The molecule has 0 saturated carbocycles. The molecular weight excluding hydrogens is 352 g/mol. The summed E-state index contributed by atoms with van der Waals surface area (Å²) in [5.41, 5.74) is 3.96. The number of aromatic nitrogens is 1. The minimum Gasteiger partial charge on any atom is -0.507 e. The van der Waals surface area contributed by atoms with Gasteiger partial charge in [0.25, 0.3) is 0 Å². The predicted octanol–water partition coefficient (Wildman–Crippen LogP) is 5.15. The molecule has 0 saturated heterocycles. The lowest BCUT2D eigenvalue weighted by Crippen LogP contribution is -1.98. The Kier molecular flexibility index (Phi) is 5.81. The van der Waals surface area contributed by atoms with E-state index in [9.17, 15) is 15.2 Å². The maximum atomic E-state index is 11.1. The predicted molar refractivity (Wildman–Crippen MR) is 108 cm³/mol. The summed E-state index contributed by atoms with van der Waals surface area (Å²) in [6.07, 6.45) is 8.14. The maximum absolute atomic E-state index is 11.1. The molecule has 0 aliphatic carbocycles. The van der Waals surface area contributed by atoms with Crippen molar-refractivity contribution in [3.8, 4) is 28.6 Å². The molecule has 1 aromatic heterocycles. The van der Waals surface area contributed by atoms with E-state index in [2.05, 4.69) is 25.1 Å². The number of aromatic hydroxyl groups is 1. The third kappa shape index (κ3) is 4.07. The smallest absolute Gasteiger partial charge is 0.339 e. The number of carboxylic acids is 1. The van der Waals surface area contributed by atoms with Crippen molar-refractivity contribution in [1.29, 1.82) is 5.26 Å². The molecule has 0 atom stereocenters. The van der Waals surface area contributed by atoms with Gasteiger partial charge in [0.2, 0.25) is 0 Å². The number of nitrogens with zero attached hydrogens (tertiary/aromatic N) is 2. The van der Waals surface area contributed by atoms with E-state index in [1.807, 2.05) is 18.3 Å². The SMILES string of the molecule is CCCCCc1ccc(-c2cn(-c3ccc(C(=O)O)c(O)c3)cc2C#N)cc1. The molecule has 0 amide bonds. The number of nitriles is 1. The lowest BCUT2D eigenvalue weighted by atomic mass is 10.0. The number of unbranched alkanes of at least 4 members (excludes halogenated alkanes) is 2. The molecule has 2 aromatic carbocycles. The molecule has 142 valence electrons. The van der Waals surface area contributed by atoms with E-state index in [1.165, 1.54) is 37.0 Å². The lowest BCUT2D eigenvalue weighted by Gasteiger charge is -2.06. The lowest BCUT2D eigenvalue weighted by molar-refractivity contribution is 0.0693. The number of hydrogen-bond donors (Lipinski definition) is 2. The van der Waals surface area contributed by atoms with Gasteiger partial charge in [-0.2, -0.15) is 5.26 Å². The van der Waals surface area contributed by atoms with E-state index < -0.39 is 5.97 Å². The van der Waals surface area contributed by atoms with E-state index in [1.54, 1.807) is 16.8 Å². The summed E-state index contributed by atoms with van der Waals surface area (Å²) in [7, 11) is 0. The Hall–Kier alpha value is -3.52. The third-order valence-electron chi connectivity index (χ3n) is 4.79. The second-order valence-electron chi connectivity index (χ2n) is 6.77. The summed E-state index contributed by atoms with van der Waals surface area (Å²) in [6.45, 7) is 2.19. The standard InChI is InChI=1S/C23H22N2O3/c1-2-3-4-5-16-6-8-17(9-7-16)21-15-25(14-18(21)13-24)19-10-11-20(23(27)28)22(26)12-19/h6-12,14-15,26H,2-5H2,1H3,(H,27,28). The quantitative estimate of drug-likeness (QED) is 0.560. The highest BCUT2D eigenvalue weighted by atomic mass is 16.4. The highest BCUT2D eigenvalue weighted by molar-refractivity contribution is 5.91. The van der Waals surface area contributed by atoms with Crippen molar-refractivity contribution in [2.45, 2.75) is 32.6 Å². The first kappa shape index (κ1) is 19.2. The second-order valence-corrected chi connectivity index (χ2v) is 6.77. The minimum atomic E-state index is -1.19. The average Bonchev–Trinajstić information content (AvgIpc) is 3.13. The van der Waals surface area contributed by atoms with Gasteiger partial charge < -0.3 is 14.8 Å². The van der Waals surface area contributed by atoms with Crippen LogP contribution < -0.4 is 0 Å². The molecular formula is C23H22N2O3. The zero-order valence-corrected chi connectivity index (χ0v) is 15.7. The Morgan fingerprint density at radius 1 is 1.11 bits per heavy atom. The molecule has 1 heterocycles. The van der Waals surface area contributed by atoms with Crippen LogP contribution in [0.15, 0.2) is 54.9 Å². The van der Waals surface area contributed by atoms with Gasteiger partial charge in [0.1, 0.15) is 17.4 Å². The van der Waals surface area contributed by atoms with Crippen LogP contribution >= 0.6 is 0 Å². The molecule has 0 aliphatic rings. The van der Waals surface area contributed by atoms with Crippen LogP contribution in [-0.2, 0) is 6.42 Å². The van der Waals surface area contributed by atoms with Crippen LogP contribution in [0.5, 0.6) is 5.75 Å². The molecule has 0 bridgehead atoms. The van der Waals surface area contributed by atoms with Gasteiger partial charge in [-0.3, -0.25) is 0 Å². The fourth-order valence-electron chi connectivity index (χ4n) is 3.21. The van der Waals surface area contributed by atoms with Gasteiger partial charge in [0.15, 0.2) is 0 Å². The normalized spacial score (nSPS) is 10.6. The van der Waals surface area contributed by atoms with E-state index in [4.69, 9.17) is 5.11 Å². The van der Waals surface area contributed by atoms with E-state index in [0.29, 0.717) is 11.3 Å². The zero-order valence-electron chi connectivity index (χ0n) is 15.7. The molecule has 28 heavy (non-hydrogen) atoms. The first-order valence-electron chi connectivity index (χ1n) is 9.31. The summed E-state index contributed by atoms with van der Waals surface area (Å²) in [5, 5.41) is 28.5. The maximum Gasteiger partial charge on any atom is 0.339 e. The fraction of sp³-hybridized carbons (Fsp3) is 0.217. The molecule has 0 spiro atoms. The van der Waals surface area contributed by atoms with Crippen molar-refractivity contribution in [3.63, 3.8) is 0 Å².